The summed E-state index contributed by atoms with van der Waals surface area (Å²) in [7, 11) is 0. The van der Waals surface area contributed by atoms with Gasteiger partial charge >= 0.3 is 0 Å². The SMILES string of the molecule is CCc1ccc(-c2ccc(CCC3CC=C(c4ccc(C5CO5)c(F)c4)CC3)c(F)c2F)cc1. The van der Waals surface area contributed by atoms with E-state index < -0.39 is 11.6 Å². The summed E-state index contributed by atoms with van der Waals surface area (Å²) in [5.41, 5.74) is 5.32. The van der Waals surface area contributed by atoms with Gasteiger partial charge in [-0.25, -0.2) is 13.2 Å². The molecule has 176 valence electrons. The van der Waals surface area contributed by atoms with Crippen LogP contribution in [-0.4, -0.2) is 6.61 Å². The Morgan fingerprint density at radius 3 is 2.32 bits per heavy atom. The van der Waals surface area contributed by atoms with E-state index in [-0.39, 0.29) is 11.9 Å². The minimum Gasteiger partial charge on any atom is -0.368 e. The molecular formula is C30H29F3O. The second-order valence-corrected chi connectivity index (χ2v) is 9.42. The van der Waals surface area contributed by atoms with Gasteiger partial charge in [0, 0.05) is 11.1 Å². The number of aryl methyl sites for hydroxylation is 2. The average molecular weight is 463 g/mol. The summed E-state index contributed by atoms with van der Waals surface area (Å²) in [6, 6.07) is 16.4. The molecule has 5 rings (SSSR count). The lowest BCUT2D eigenvalue weighted by Crippen LogP contribution is -2.08. The van der Waals surface area contributed by atoms with Crippen molar-refractivity contribution in [3.63, 3.8) is 0 Å². The normalized spacial score (nSPS) is 19.7. The first-order valence-corrected chi connectivity index (χ1v) is 12.2. The predicted octanol–water partition coefficient (Wildman–Crippen LogP) is 8.22. The van der Waals surface area contributed by atoms with E-state index in [1.165, 1.54) is 5.56 Å². The first-order valence-electron chi connectivity index (χ1n) is 12.2. The third-order valence-corrected chi connectivity index (χ3v) is 7.23. The maximum absolute atomic E-state index is 14.8. The zero-order valence-electron chi connectivity index (χ0n) is 19.4. The number of hydrogen-bond acceptors (Lipinski definition) is 1. The highest BCUT2D eigenvalue weighted by atomic mass is 19.2. The van der Waals surface area contributed by atoms with Crippen molar-refractivity contribution >= 4 is 5.57 Å². The van der Waals surface area contributed by atoms with E-state index in [4.69, 9.17) is 4.74 Å². The second-order valence-electron chi connectivity index (χ2n) is 9.42. The second kappa shape index (κ2) is 9.79. The van der Waals surface area contributed by atoms with Gasteiger partial charge in [0.1, 0.15) is 11.9 Å². The molecule has 2 aliphatic rings. The Labute approximate surface area is 199 Å². The van der Waals surface area contributed by atoms with Crippen LogP contribution in [0, 0.1) is 23.4 Å². The van der Waals surface area contributed by atoms with Crippen molar-refractivity contribution in [2.75, 3.05) is 6.61 Å². The van der Waals surface area contributed by atoms with Crippen molar-refractivity contribution in [1.29, 1.82) is 0 Å². The van der Waals surface area contributed by atoms with Crippen LogP contribution in [0.2, 0.25) is 0 Å². The van der Waals surface area contributed by atoms with Crippen LogP contribution in [0.4, 0.5) is 13.2 Å². The molecular weight excluding hydrogens is 433 g/mol. The van der Waals surface area contributed by atoms with Crippen LogP contribution >= 0.6 is 0 Å². The molecule has 0 spiro atoms. The van der Waals surface area contributed by atoms with Gasteiger partial charge in [0.15, 0.2) is 11.6 Å². The van der Waals surface area contributed by atoms with Crippen LogP contribution in [0.15, 0.2) is 60.7 Å². The Kier molecular flexibility index (Phi) is 6.60. The summed E-state index contributed by atoms with van der Waals surface area (Å²) in [5, 5.41) is 0. The maximum Gasteiger partial charge on any atom is 0.166 e. The molecule has 2 atom stereocenters. The minimum absolute atomic E-state index is 0.0836. The van der Waals surface area contributed by atoms with Crippen LogP contribution in [-0.2, 0) is 17.6 Å². The first-order chi connectivity index (χ1) is 16.5. The van der Waals surface area contributed by atoms with Crippen molar-refractivity contribution in [2.24, 2.45) is 5.92 Å². The van der Waals surface area contributed by atoms with Gasteiger partial charge < -0.3 is 4.74 Å². The third-order valence-electron chi connectivity index (χ3n) is 7.23. The summed E-state index contributed by atoms with van der Waals surface area (Å²) in [5.74, 6) is -1.30. The van der Waals surface area contributed by atoms with Crippen molar-refractivity contribution in [3.8, 4) is 11.1 Å². The number of benzene rings is 3. The molecule has 3 aromatic rings. The molecule has 1 fully saturated rings. The van der Waals surface area contributed by atoms with E-state index >= 15 is 0 Å². The van der Waals surface area contributed by atoms with Gasteiger partial charge in [-0.15, -0.1) is 0 Å². The number of epoxide rings is 1. The van der Waals surface area contributed by atoms with E-state index in [1.54, 1.807) is 18.2 Å². The molecule has 0 bridgehead atoms. The van der Waals surface area contributed by atoms with Gasteiger partial charge in [-0.1, -0.05) is 61.5 Å². The predicted molar refractivity (Wildman–Crippen MR) is 130 cm³/mol. The number of rotatable bonds is 7. The van der Waals surface area contributed by atoms with Crippen LogP contribution < -0.4 is 0 Å². The summed E-state index contributed by atoms with van der Waals surface area (Å²) < 4.78 is 49.2. The molecule has 3 aromatic carbocycles. The van der Waals surface area contributed by atoms with E-state index in [9.17, 15) is 13.2 Å². The van der Waals surface area contributed by atoms with Gasteiger partial charge in [-0.2, -0.15) is 0 Å². The molecule has 34 heavy (non-hydrogen) atoms. The Bertz CT molecular complexity index is 1210. The summed E-state index contributed by atoms with van der Waals surface area (Å²) in [6.07, 6.45) is 7.02. The topological polar surface area (TPSA) is 12.5 Å². The summed E-state index contributed by atoms with van der Waals surface area (Å²) in [4.78, 5) is 0. The Balaban J connectivity index is 1.21. The lowest BCUT2D eigenvalue weighted by atomic mass is 9.83. The maximum atomic E-state index is 14.8. The first kappa shape index (κ1) is 22.9. The highest BCUT2D eigenvalue weighted by molar-refractivity contribution is 5.67. The lowest BCUT2D eigenvalue weighted by Gasteiger charge is -2.22. The van der Waals surface area contributed by atoms with Crippen molar-refractivity contribution in [2.45, 2.75) is 51.6 Å². The average Bonchev–Trinajstić information content (AvgIpc) is 3.71. The molecule has 0 amide bonds. The Morgan fingerprint density at radius 1 is 0.912 bits per heavy atom. The lowest BCUT2D eigenvalue weighted by molar-refractivity contribution is 0.408. The minimum atomic E-state index is -0.769. The zero-order valence-corrected chi connectivity index (χ0v) is 19.4. The molecule has 0 N–H and O–H groups in total. The highest BCUT2D eigenvalue weighted by Gasteiger charge is 2.28. The smallest absolute Gasteiger partial charge is 0.166 e. The number of halogens is 3. The van der Waals surface area contributed by atoms with Gasteiger partial charge in [0.2, 0.25) is 0 Å². The Hall–Kier alpha value is -2.85. The number of allylic oxidation sites excluding steroid dienone is 2. The largest absolute Gasteiger partial charge is 0.368 e. The van der Waals surface area contributed by atoms with Crippen LogP contribution in [0.25, 0.3) is 16.7 Å². The molecule has 1 nitrogen and oxygen atoms in total. The molecule has 0 aromatic heterocycles. The standard InChI is InChI=1S/C30H29F3O/c1-2-19-3-10-22(11-4-19)25-15-13-23(29(32)30(25)33)12-7-20-5-8-21(9-6-20)24-14-16-26(27(31)17-24)28-18-34-28/h3-4,8,10-11,13-17,20,28H,2,5-7,9,12,18H2,1H3. The Morgan fingerprint density at radius 2 is 1.68 bits per heavy atom. The molecule has 0 saturated carbocycles. The fourth-order valence-corrected chi connectivity index (χ4v) is 4.91. The highest BCUT2D eigenvalue weighted by Crippen LogP contribution is 2.36. The monoisotopic (exact) mass is 462 g/mol. The van der Waals surface area contributed by atoms with E-state index in [1.807, 2.05) is 36.4 Å². The summed E-state index contributed by atoms with van der Waals surface area (Å²) >= 11 is 0. The molecule has 0 radical (unpaired) electrons. The van der Waals surface area contributed by atoms with Crippen molar-refractivity contribution in [3.05, 3.63) is 100 Å². The van der Waals surface area contributed by atoms with Gasteiger partial charge in [0.25, 0.3) is 0 Å². The quantitative estimate of drug-likeness (QED) is 0.322. The van der Waals surface area contributed by atoms with Crippen LogP contribution in [0.1, 0.15) is 61.0 Å². The van der Waals surface area contributed by atoms with Crippen LogP contribution in [0.5, 0.6) is 0 Å². The molecule has 1 saturated heterocycles. The molecule has 2 unspecified atom stereocenters. The summed E-state index contributed by atoms with van der Waals surface area (Å²) in [6.45, 7) is 2.66. The molecule has 4 heteroatoms. The van der Waals surface area contributed by atoms with Crippen molar-refractivity contribution < 1.29 is 17.9 Å². The van der Waals surface area contributed by atoms with E-state index in [0.717, 1.165) is 43.2 Å². The van der Waals surface area contributed by atoms with Gasteiger partial charge in [0.05, 0.1) is 6.61 Å². The van der Waals surface area contributed by atoms with E-state index in [0.29, 0.717) is 41.2 Å². The molecule has 1 heterocycles. The number of ether oxygens (including phenoxy) is 1. The van der Waals surface area contributed by atoms with Crippen molar-refractivity contribution in [1.82, 2.24) is 0 Å². The fraction of sp³-hybridized carbons (Fsp3) is 0.333. The van der Waals surface area contributed by atoms with E-state index in [2.05, 4.69) is 13.0 Å². The van der Waals surface area contributed by atoms with Gasteiger partial charge in [-0.05, 0) is 78.3 Å². The molecule has 1 aliphatic carbocycles. The number of hydrogen-bond donors (Lipinski definition) is 0. The fourth-order valence-electron chi connectivity index (χ4n) is 4.91. The zero-order chi connectivity index (χ0) is 23.7. The van der Waals surface area contributed by atoms with Crippen LogP contribution in [0.3, 0.4) is 0 Å². The van der Waals surface area contributed by atoms with Gasteiger partial charge in [-0.3, -0.25) is 0 Å². The molecule has 1 aliphatic heterocycles. The third kappa shape index (κ3) is 4.83.